The summed E-state index contributed by atoms with van der Waals surface area (Å²) in [6, 6.07) is 59.5. The Labute approximate surface area is 442 Å². The van der Waals surface area contributed by atoms with Crippen LogP contribution >= 0.6 is 0 Å². The van der Waals surface area contributed by atoms with Gasteiger partial charge < -0.3 is 18.6 Å². The van der Waals surface area contributed by atoms with Crippen LogP contribution in [0.2, 0.25) is 0 Å². The Morgan fingerprint density at radius 1 is 0.347 bits per heavy atom. The maximum atomic E-state index is 6.44. The van der Waals surface area contributed by atoms with Crippen LogP contribution in [-0.4, -0.2) is 6.71 Å². The van der Waals surface area contributed by atoms with Crippen molar-refractivity contribution in [3.63, 3.8) is 0 Å². The Morgan fingerprint density at radius 3 is 1.24 bits per heavy atom. The molecular formula is C70H65BN2O2. The minimum Gasteiger partial charge on any atom is -0.456 e. The largest absolute Gasteiger partial charge is 0.456 e. The highest BCUT2D eigenvalue weighted by molar-refractivity contribution is 7.00. The lowest BCUT2D eigenvalue weighted by Gasteiger charge is -2.46. The predicted octanol–water partition coefficient (Wildman–Crippen LogP) is 18.0. The van der Waals surface area contributed by atoms with Crippen molar-refractivity contribution in [3.05, 3.63) is 197 Å². The van der Waals surface area contributed by atoms with Crippen molar-refractivity contribution in [1.29, 1.82) is 0 Å². The van der Waals surface area contributed by atoms with E-state index in [1.165, 1.54) is 89.2 Å². The quantitative estimate of drug-likeness (QED) is 0.165. The molecule has 0 bridgehead atoms. The Morgan fingerprint density at radius 2 is 0.760 bits per heavy atom. The normalized spacial score (nSPS) is 13.6. The fourth-order valence-electron chi connectivity index (χ4n) is 12.7. The van der Waals surface area contributed by atoms with Crippen molar-refractivity contribution < 1.29 is 8.83 Å². The van der Waals surface area contributed by atoms with Gasteiger partial charge in [-0.1, -0.05) is 135 Å². The third-order valence-corrected chi connectivity index (χ3v) is 16.6. The van der Waals surface area contributed by atoms with Crippen LogP contribution in [0.15, 0.2) is 167 Å². The van der Waals surface area contributed by atoms with Crippen LogP contribution in [0.5, 0.6) is 0 Å². The molecule has 0 fully saturated rings. The number of hydrogen-bond donors (Lipinski definition) is 0. The van der Waals surface area contributed by atoms with Crippen LogP contribution in [0.25, 0.3) is 66.1 Å². The van der Waals surface area contributed by atoms with E-state index in [4.69, 9.17) is 8.83 Å². The number of anilines is 6. The highest BCUT2D eigenvalue weighted by Crippen LogP contribution is 2.49. The van der Waals surface area contributed by atoms with Crippen molar-refractivity contribution >= 4 is 101 Å². The summed E-state index contributed by atoms with van der Waals surface area (Å²) in [5.74, 6) is 0. The smallest absolute Gasteiger partial charge is 0.252 e. The summed E-state index contributed by atoms with van der Waals surface area (Å²) in [6.45, 7) is 30.2. The summed E-state index contributed by atoms with van der Waals surface area (Å²) in [4.78, 5) is 5.21. The molecule has 9 aromatic carbocycles. The van der Waals surface area contributed by atoms with Gasteiger partial charge in [0, 0.05) is 55.7 Å². The molecule has 0 aliphatic carbocycles. The molecule has 11 aromatic rings. The first kappa shape index (κ1) is 47.0. The number of fused-ring (bicyclic) bond motifs is 10. The molecule has 4 nitrogen and oxygen atoms in total. The number of para-hydroxylation sites is 2. The average Bonchev–Trinajstić information content (AvgIpc) is 3.92. The van der Waals surface area contributed by atoms with Gasteiger partial charge in [0.1, 0.15) is 22.3 Å². The fourth-order valence-corrected chi connectivity index (χ4v) is 12.7. The summed E-state index contributed by atoms with van der Waals surface area (Å²) in [7, 11) is 0. The topological polar surface area (TPSA) is 32.8 Å². The molecule has 0 amide bonds. The van der Waals surface area contributed by atoms with Gasteiger partial charge in [0.2, 0.25) is 0 Å². The van der Waals surface area contributed by atoms with Gasteiger partial charge >= 0.3 is 0 Å². The van der Waals surface area contributed by atoms with Crippen LogP contribution in [0, 0.1) is 27.7 Å². The zero-order chi connectivity index (χ0) is 52.2. The maximum absolute atomic E-state index is 6.44. The fraction of sp³-hybridized carbons (Fsp3) is 0.229. The number of benzene rings is 9. The second-order valence-electron chi connectivity index (χ2n) is 24.9. The number of aryl methyl sites for hydroxylation is 4. The molecule has 13 rings (SSSR count). The molecule has 0 unspecified atom stereocenters. The highest BCUT2D eigenvalue weighted by atomic mass is 16.3. The lowest BCUT2D eigenvalue weighted by molar-refractivity contribution is 0.589. The third kappa shape index (κ3) is 7.40. The van der Waals surface area contributed by atoms with Crippen molar-refractivity contribution in [2.45, 2.75) is 106 Å². The van der Waals surface area contributed by atoms with Crippen molar-refractivity contribution in [1.82, 2.24) is 0 Å². The standard InChI is InChI=1S/C70H65BN2O2/c1-40-30-49(31-41(2)65(40)44-22-26-53-51-18-14-16-20-61(51)74-63(53)34-44)72-57-29-25-46(68(5,6)7)36-56(57)71-55-28-24-47(69(8,9)10)37-58(55)73(60-39-48(70(11,12)13)38-59(72)67(60)71)50-32-42(3)66(43(4)33-50)45-23-27-54-52-19-15-17-21-62(52)75-64(54)35-45/h14-39H,1-13H3. The minimum atomic E-state index is -0.155. The molecule has 370 valence electrons. The first-order chi connectivity index (χ1) is 35.7. The Bertz CT molecular complexity index is 4160. The van der Waals surface area contributed by atoms with E-state index >= 15 is 0 Å². The number of rotatable bonds is 4. The van der Waals surface area contributed by atoms with Crippen molar-refractivity contribution in [3.8, 4) is 22.3 Å². The molecule has 0 N–H and O–H groups in total. The Hall–Kier alpha value is -7.76. The summed E-state index contributed by atoms with van der Waals surface area (Å²) in [5.41, 5.74) is 28.3. The molecule has 2 aliphatic heterocycles. The van der Waals surface area contributed by atoms with E-state index in [9.17, 15) is 0 Å². The van der Waals surface area contributed by atoms with E-state index in [0.717, 1.165) is 66.4 Å². The van der Waals surface area contributed by atoms with Gasteiger partial charge in [-0.15, -0.1) is 0 Å². The second-order valence-corrected chi connectivity index (χ2v) is 24.9. The van der Waals surface area contributed by atoms with Crippen LogP contribution in [-0.2, 0) is 16.2 Å². The van der Waals surface area contributed by atoms with E-state index in [0.29, 0.717) is 0 Å². The zero-order valence-electron chi connectivity index (χ0n) is 45.8. The second kappa shape index (κ2) is 16.4. The van der Waals surface area contributed by atoms with Gasteiger partial charge in [-0.05, 0) is 206 Å². The SMILES string of the molecule is Cc1cc(N2c3ccc(C(C)(C)C)cc3B3c4ccc(C(C)(C)C)cc4N(c4cc(C)c(-c5ccc6c(c5)oc5ccccc56)c(C)c4)c4cc(C(C)(C)C)cc2c43)cc(C)c1-c1ccc2c(c1)oc1ccccc12. The Balaban J connectivity index is 1.05. The van der Waals surface area contributed by atoms with Crippen LogP contribution in [0.1, 0.15) is 101 Å². The zero-order valence-corrected chi connectivity index (χ0v) is 45.8. The highest BCUT2D eigenvalue weighted by Gasteiger charge is 2.45. The maximum Gasteiger partial charge on any atom is 0.252 e. The third-order valence-electron chi connectivity index (χ3n) is 16.6. The van der Waals surface area contributed by atoms with E-state index in [2.05, 4.69) is 245 Å². The van der Waals surface area contributed by atoms with E-state index in [1.54, 1.807) is 0 Å². The molecule has 5 heteroatoms. The lowest BCUT2D eigenvalue weighted by atomic mass is 9.33. The molecule has 0 radical (unpaired) electrons. The molecule has 75 heavy (non-hydrogen) atoms. The van der Waals surface area contributed by atoms with Gasteiger partial charge in [0.15, 0.2) is 0 Å². The molecule has 4 heterocycles. The van der Waals surface area contributed by atoms with Gasteiger partial charge in [-0.25, -0.2) is 0 Å². The number of nitrogens with zero attached hydrogens (tertiary/aromatic N) is 2. The van der Waals surface area contributed by atoms with Crippen LogP contribution < -0.4 is 26.2 Å². The van der Waals surface area contributed by atoms with Crippen LogP contribution in [0.4, 0.5) is 34.1 Å². The van der Waals surface area contributed by atoms with Gasteiger partial charge in [-0.3, -0.25) is 0 Å². The van der Waals surface area contributed by atoms with Gasteiger partial charge in [0.25, 0.3) is 6.71 Å². The summed E-state index contributed by atoms with van der Waals surface area (Å²) < 4.78 is 12.9. The molecule has 0 spiro atoms. The number of furan rings is 2. The molecule has 2 aromatic heterocycles. The first-order valence-electron chi connectivity index (χ1n) is 26.8. The Kier molecular flexibility index (Phi) is 10.3. The monoisotopic (exact) mass is 977 g/mol. The number of hydrogen-bond acceptors (Lipinski definition) is 4. The molecule has 2 aliphatic rings. The van der Waals surface area contributed by atoms with E-state index in [-0.39, 0.29) is 23.0 Å². The van der Waals surface area contributed by atoms with E-state index in [1.807, 2.05) is 12.1 Å². The van der Waals surface area contributed by atoms with Gasteiger partial charge in [-0.2, -0.15) is 0 Å². The lowest BCUT2D eigenvalue weighted by Crippen LogP contribution is -2.61. The van der Waals surface area contributed by atoms with Crippen LogP contribution in [0.3, 0.4) is 0 Å². The van der Waals surface area contributed by atoms with Crippen molar-refractivity contribution in [2.75, 3.05) is 9.80 Å². The minimum absolute atomic E-state index is 0.00755. The summed E-state index contributed by atoms with van der Waals surface area (Å²) in [6.07, 6.45) is 0. The average molecular weight is 977 g/mol. The molecule has 0 atom stereocenters. The molecular weight excluding hydrogens is 912 g/mol. The van der Waals surface area contributed by atoms with E-state index < -0.39 is 0 Å². The predicted molar refractivity (Wildman–Crippen MR) is 321 cm³/mol. The van der Waals surface area contributed by atoms with Crippen molar-refractivity contribution in [2.24, 2.45) is 0 Å². The molecule has 0 saturated heterocycles. The summed E-state index contributed by atoms with van der Waals surface area (Å²) in [5, 5.41) is 4.59. The first-order valence-corrected chi connectivity index (χ1v) is 26.8. The summed E-state index contributed by atoms with van der Waals surface area (Å²) >= 11 is 0. The van der Waals surface area contributed by atoms with Gasteiger partial charge in [0.05, 0.1) is 0 Å². The molecule has 0 saturated carbocycles.